The predicted octanol–water partition coefficient (Wildman–Crippen LogP) is 3.30. The Labute approximate surface area is 157 Å². The molecule has 0 bridgehead atoms. The van der Waals surface area contributed by atoms with Crippen molar-refractivity contribution in [3.05, 3.63) is 64.7 Å². The summed E-state index contributed by atoms with van der Waals surface area (Å²) in [4.78, 5) is 10.3. The number of nitrogens with zero attached hydrogens (tertiary/aromatic N) is 2. The number of hydrogen-bond acceptors (Lipinski definition) is 6. The quantitative estimate of drug-likeness (QED) is 0.388. The van der Waals surface area contributed by atoms with Crippen molar-refractivity contribution in [3.63, 3.8) is 0 Å². The van der Waals surface area contributed by atoms with Crippen LogP contribution in [0.2, 0.25) is 0 Å². The number of anilines is 1. The highest BCUT2D eigenvalue weighted by atomic mass is 32.2. The fraction of sp³-hybridized carbons (Fsp3) is 0.222. The standard InChI is InChI=1S/C18H20N2O6S/c1-5-10-19(16-12-15(25-3)8-9-17(16)26-4)27(23,24)18-11-14(20(21)22)7-6-13(18)2/h5-9,11-12H,1,10H2,2-4H3. The zero-order valence-corrected chi connectivity index (χ0v) is 16.0. The molecule has 0 N–H and O–H groups in total. The molecule has 9 heteroatoms. The Kier molecular flexibility index (Phi) is 6.06. The van der Waals surface area contributed by atoms with Crippen LogP contribution in [0.3, 0.4) is 0 Å². The highest BCUT2D eigenvalue weighted by Gasteiger charge is 2.30. The number of benzene rings is 2. The summed E-state index contributed by atoms with van der Waals surface area (Å²) in [5, 5.41) is 11.1. The fourth-order valence-electron chi connectivity index (χ4n) is 2.53. The van der Waals surface area contributed by atoms with Crippen molar-refractivity contribution in [2.45, 2.75) is 11.8 Å². The van der Waals surface area contributed by atoms with Crippen molar-refractivity contribution >= 4 is 21.4 Å². The van der Waals surface area contributed by atoms with Crippen LogP contribution in [0.5, 0.6) is 11.5 Å². The number of ether oxygens (including phenoxy) is 2. The second kappa shape index (κ2) is 8.09. The summed E-state index contributed by atoms with van der Waals surface area (Å²) < 4.78 is 38.2. The molecule has 0 spiro atoms. The molecule has 2 rings (SSSR count). The third-order valence-electron chi connectivity index (χ3n) is 3.90. The maximum Gasteiger partial charge on any atom is 0.270 e. The molecule has 144 valence electrons. The van der Waals surface area contributed by atoms with Gasteiger partial charge in [-0.3, -0.25) is 14.4 Å². The number of nitro benzene ring substituents is 1. The fourth-order valence-corrected chi connectivity index (χ4v) is 4.22. The van der Waals surface area contributed by atoms with E-state index in [2.05, 4.69) is 6.58 Å². The Hall–Kier alpha value is -3.07. The van der Waals surface area contributed by atoms with Gasteiger partial charge in [-0.25, -0.2) is 8.42 Å². The number of non-ortho nitro benzene ring substituents is 1. The summed E-state index contributed by atoms with van der Waals surface area (Å²) in [6.45, 7) is 5.13. The van der Waals surface area contributed by atoms with Gasteiger partial charge in [0.15, 0.2) is 0 Å². The highest BCUT2D eigenvalue weighted by Crippen LogP contribution is 2.36. The molecule has 0 aliphatic rings. The number of methoxy groups -OCH3 is 2. The molecule has 0 heterocycles. The van der Waals surface area contributed by atoms with Gasteiger partial charge in [0.05, 0.1) is 36.3 Å². The largest absolute Gasteiger partial charge is 0.497 e. The molecule has 0 aliphatic heterocycles. The van der Waals surface area contributed by atoms with Crippen LogP contribution in [0.25, 0.3) is 0 Å². The average molecular weight is 392 g/mol. The lowest BCUT2D eigenvalue weighted by Crippen LogP contribution is -2.32. The third kappa shape index (κ3) is 4.03. The molecule has 0 amide bonds. The van der Waals surface area contributed by atoms with E-state index < -0.39 is 14.9 Å². The lowest BCUT2D eigenvalue weighted by Gasteiger charge is -2.26. The Morgan fingerprint density at radius 1 is 1.19 bits per heavy atom. The summed E-state index contributed by atoms with van der Waals surface area (Å²) in [5.41, 5.74) is 0.314. The number of hydrogen-bond donors (Lipinski definition) is 0. The van der Waals surface area contributed by atoms with Crippen molar-refractivity contribution in [2.75, 3.05) is 25.1 Å². The Morgan fingerprint density at radius 3 is 2.44 bits per heavy atom. The first kappa shape index (κ1) is 20.2. The topological polar surface area (TPSA) is 99.0 Å². The van der Waals surface area contributed by atoms with Gasteiger partial charge in [-0.05, 0) is 24.6 Å². The molecule has 27 heavy (non-hydrogen) atoms. The maximum atomic E-state index is 13.3. The smallest absolute Gasteiger partial charge is 0.270 e. The zero-order chi connectivity index (χ0) is 20.2. The minimum atomic E-state index is -4.14. The first-order valence-corrected chi connectivity index (χ1v) is 9.31. The average Bonchev–Trinajstić information content (AvgIpc) is 2.65. The first-order chi connectivity index (χ1) is 12.8. The molecule has 0 unspecified atom stereocenters. The third-order valence-corrected chi connectivity index (χ3v) is 5.82. The molecule has 0 atom stereocenters. The van der Waals surface area contributed by atoms with Gasteiger partial charge in [0.25, 0.3) is 15.7 Å². The predicted molar refractivity (Wildman–Crippen MR) is 102 cm³/mol. The van der Waals surface area contributed by atoms with E-state index >= 15 is 0 Å². The van der Waals surface area contributed by atoms with Gasteiger partial charge in [0, 0.05) is 18.2 Å². The first-order valence-electron chi connectivity index (χ1n) is 7.87. The van der Waals surface area contributed by atoms with E-state index in [0.717, 1.165) is 10.4 Å². The van der Waals surface area contributed by atoms with Gasteiger partial charge < -0.3 is 9.47 Å². The number of rotatable bonds is 8. The van der Waals surface area contributed by atoms with E-state index in [-0.39, 0.29) is 22.8 Å². The molecule has 2 aromatic carbocycles. The summed E-state index contributed by atoms with van der Waals surface area (Å²) in [5.74, 6) is 0.745. The van der Waals surface area contributed by atoms with Gasteiger partial charge in [-0.15, -0.1) is 6.58 Å². The van der Waals surface area contributed by atoms with Crippen molar-refractivity contribution < 1.29 is 22.8 Å². The van der Waals surface area contributed by atoms with Crippen LogP contribution in [-0.4, -0.2) is 34.1 Å². The Morgan fingerprint density at radius 2 is 1.89 bits per heavy atom. The molecule has 0 aliphatic carbocycles. The number of nitro groups is 1. The van der Waals surface area contributed by atoms with Crippen LogP contribution < -0.4 is 13.8 Å². The van der Waals surface area contributed by atoms with E-state index in [4.69, 9.17) is 9.47 Å². The monoisotopic (exact) mass is 392 g/mol. The number of sulfonamides is 1. The summed E-state index contributed by atoms with van der Waals surface area (Å²) in [6.07, 6.45) is 1.42. The minimum absolute atomic E-state index is 0.0615. The van der Waals surface area contributed by atoms with E-state index in [0.29, 0.717) is 17.1 Å². The van der Waals surface area contributed by atoms with E-state index in [1.165, 1.54) is 38.5 Å². The summed E-state index contributed by atoms with van der Waals surface area (Å²) in [7, 11) is -1.26. The van der Waals surface area contributed by atoms with Crippen LogP contribution in [0, 0.1) is 17.0 Å². The normalized spacial score (nSPS) is 10.9. The molecule has 0 radical (unpaired) electrons. The van der Waals surface area contributed by atoms with E-state index in [1.54, 1.807) is 19.1 Å². The van der Waals surface area contributed by atoms with Crippen molar-refractivity contribution in [2.24, 2.45) is 0 Å². The van der Waals surface area contributed by atoms with E-state index in [1.807, 2.05) is 0 Å². The van der Waals surface area contributed by atoms with Crippen LogP contribution in [0.4, 0.5) is 11.4 Å². The molecular weight excluding hydrogens is 372 g/mol. The SMILES string of the molecule is C=CCN(c1cc(OC)ccc1OC)S(=O)(=O)c1cc([N+](=O)[O-])ccc1C. The zero-order valence-electron chi connectivity index (χ0n) is 15.2. The van der Waals surface area contributed by atoms with Crippen LogP contribution >= 0.6 is 0 Å². The van der Waals surface area contributed by atoms with Crippen molar-refractivity contribution in [3.8, 4) is 11.5 Å². The van der Waals surface area contributed by atoms with Crippen LogP contribution in [-0.2, 0) is 10.0 Å². The molecule has 0 aromatic heterocycles. The molecule has 2 aromatic rings. The van der Waals surface area contributed by atoms with E-state index in [9.17, 15) is 18.5 Å². The maximum absolute atomic E-state index is 13.3. The highest BCUT2D eigenvalue weighted by molar-refractivity contribution is 7.93. The molecule has 0 saturated heterocycles. The Balaban J connectivity index is 2.71. The van der Waals surface area contributed by atoms with Gasteiger partial charge >= 0.3 is 0 Å². The molecule has 0 fully saturated rings. The summed E-state index contributed by atoms with van der Waals surface area (Å²) >= 11 is 0. The second-order valence-electron chi connectivity index (χ2n) is 5.57. The van der Waals surface area contributed by atoms with Gasteiger partial charge in [0.2, 0.25) is 0 Å². The van der Waals surface area contributed by atoms with Crippen LogP contribution in [0.1, 0.15) is 5.56 Å². The lowest BCUT2D eigenvalue weighted by atomic mass is 10.2. The molecule has 0 saturated carbocycles. The van der Waals surface area contributed by atoms with Gasteiger partial charge in [-0.2, -0.15) is 0 Å². The number of aryl methyl sites for hydroxylation is 1. The summed E-state index contributed by atoms with van der Waals surface area (Å²) in [6, 6.07) is 8.46. The molecule has 8 nitrogen and oxygen atoms in total. The Bertz CT molecular complexity index is 972. The van der Waals surface area contributed by atoms with Crippen LogP contribution in [0.15, 0.2) is 53.9 Å². The lowest BCUT2D eigenvalue weighted by molar-refractivity contribution is -0.385. The van der Waals surface area contributed by atoms with Gasteiger partial charge in [0.1, 0.15) is 11.5 Å². The van der Waals surface area contributed by atoms with Crippen molar-refractivity contribution in [1.29, 1.82) is 0 Å². The van der Waals surface area contributed by atoms with Gasteiger partial charge in [-0.1, -0.05) is 12.1 Å². The van der Waals surface area contributed by atoms with Crippen molar-refractivity contribution in [1.82, 2.24) is 0 Å². The molecular formula is C18H20N2O6S. The second-order valence-corrected chi connectivity index (χ2v) is 7.40. The minimum Gasteiger partial charge on any atom is -0.497 e.